The Kier molecular flexibility index (Phi) is 4.33. The molecule has 0 aromatic heterocycles. The minimum absolute atomic E-state index is 0.253. The summed E-state index contributed by atoms with van der Waals surface area (Å²) in [6.07, 6.45) is 4.84. The molecular formula is C12H13ClO2S. The van der Waals surface area contributed by atoms with Gasteiger partial charge in [0.1, 0.15) is 0 Å². The lowest BCUT2D eigenvalue weighted by molar-refractivity contribution is 0.603. The van der Waals surface area contributed by atoms with Crippen molar-refractivity contribution in [2.24, 2.45) is 0 Å². The summed E-state index contributed by atoms with van der Waals surface area (Å²) in [5.74, 6) is 0. The molecule has 0 aliphatic heterocycles. The van der Waals surface area contributed by atoms with Crippen LogP contribution in [0.3, 0.4) is 0 Å². The second-order valence-electron chi connectivity index (χ2n) is 3.15. The lowest BCUT2D eigenvalue weighted by Gasteiger charge is -2.04. The monoisotopic (exact) mass is 256 g/mol. The molecule has 0 spiro atoms. The van der Waals surface area contributed by atoms with Crippen molar-refractivity contribution in [3.63, 3.8) is 0 Å². The Labute approximate surface area is 101 Å². The van der Waals surface area contributed by atoms with E-state index in [1.807, 2.05) is 0 Å². The third kappa shape index (κ3) is 2.74. The van der Waals surface area contributed by atoms with E-state index in [1.165, 1.54) is 12.1 Å². The summed E-state index contributed by atoms with van der Waals surface area (Å²) in [4.78, 5) is 0.542. The van der Waals surface area contributed by atoms with E-state index in [9.17, 15) is 8.42 Å². The summed E-state index contributed by atoms with van der Waals surface area (Å²) in [7, 11) is -3.41. The van der Waals surface area contributed by atoms with Crippen LogP contribution >= 0.6 is 11.6 Å². The summed E-state index contributed by atoms with van der Waals surface area (Å²) in [5.41, 5.74) is 0. The Morgan fingerprint density at radius 1 is 1.19 bits per heavy atom. The van der Waals surface area contributed by atoms with Crippen molar-refractivity contribution in [1.82, 2.24) is 0 Å². The molecule has 0 radical (unpaired) electrons. The van der Waals surface area contributed by atoms with E-state index in [1.54, 1.807) is 44.2 Å². The molecule has 0 saturated heterocycles. The Balaban J connectivity index is 3.26. The first-order valence-corrected chi connectivity index (χ1v) is 6.68. The van der Waals surface area contributed by atoms with Crippen molar-refractivity contribution < 1.29 is 8.42 Å². The molecule has 0 fully saturated rings. The van der Waals surface area contributed by atoms with Gasteiger partial charge in [-0.25, -0.2) is 8.42 Å². The molecule has 0 N–H and O–H groups in total. The quantitative estimate of drug-likeness (QED) is 0.775. The van der Waals surface area contributed by atoms with Crippen LogP contribution in [-0.2, 0) is 9.84 Å². The summed E-state index contributed by atoms with van der Waals surface area (Å²) >= 11 is 5.71. The maximum absolute atomic E-state index is 12.1. The minimum Gasteiger partial charge on any atom is -0.219 e. The van der Waals surface area contributed by atoms with Gasteiger partial charge in [-0.2, -0.15) is 0 Å². The highest BCUT2D eigenvalue weighted by atomic mass is 35.5. The summed E-state index contributed by atoms with van der Waals surface area (Å²) in [6, 6.07) is 6.14. The van der Waals surface area contributed by atoms with Gasteiger partial charge in [-0.15, -0.1) is 0 Å². The number of hydrogen-bond acceptors (Lipinski definition) is 2. The fourth-order valence-electron chi connectivity index (χ4n) is 1.26. The third-order valence-corrected chi connectivity index (χ3v) is 4.19. The van der Waals surface area contributed by atoms with Gasteiger partial charge in [0.05, 0.1) is 9.80 Å². The number of hydrogen-bond donors (Lipinski definition) is 0. The summed E-state index contributed by atoms with van der Waals surface area (Å²) in [6.45, 7) is 3.48. The fraction of sp³-hybridized carbons (Fsp3) is 0.167. The van der Waals surface area contributed by atoms with E-state index in [0.29, 0.717) is 5.02 Å². The number of benzene rings is 1. The lowest BCUT2D eigenvalue weighted by Crippen LogP contribution is -2.02. The highest BCUT2D eigenvalue weighted by Gasteiger charge is 2.17. The fourth-order valence-corrected chi connectivity index (χ4v) is 2.77. The van der Waals surface area contributed by atoms with Crippen molar-refractivity contribution in [1.29, 1.82) is 0 Å². The van der Waals surface area contributed by atoms with E-state index < -0.39 is 9.84 Å². The van der Waals surface area contributed by atoms with Crippen LogP contribution in [-0.4, -0.2) is 8.42 Å². The molecule has 16 heavy (non-hydrogen) atoms. The van der Waals surface area contributed by atoms with Crippen LogP contribution in [0.1, 0.15) is 13.8 Å². The smallest absolute Gasteiger partial charge is 0.206 e. The molecule has 2 nitrogen and oxygen atoms in total. The van der Waals surface area contributed by atoms with Crippen molar-refractivity contribution in [2.75, 3.05) is 0 Å². The molecule has 0 aliphatic carbocycles. The van der Waals surface area contributed by atoms with Crippen molar-refractivity contribution in [3.05, 3.63) is 52.4 Å². The van der Waals surface area contributed by atoms with Crippen molar-refractivity contribution in [3.8, 4) is 0 Å². The topological polar surface area (TPSA) is 34.1 Å². The van der Waals surface area contributed by atoms with Crippen LogP contribution in [0.5, 0.6) is 0 Å². The molecule has 0 unspecified atom stereocenters. The average molecular weight is 257 g/mol. The number of rotatable bonds is 3. The van der Waals surface area contributed by atoms with E-state index >= 15 is 0 Å². The molecule has 1 aromatic carbocycles. The van der Waals surface area contributed by atoms with Crippen LogP contribution < -0.4 is 0 Å². The first kappa shape index (κ1) is 13.0. The third-order valence-electron chi connectivity index (χ3n) is 2.05. The van der Waals surface area contributed by atoms with E-state index in [-0.39, 0.29) is 9.80 Å². The first-order chi connectivity index (χ1) is 7.52. The van der Waals surface area contributed by atoms with Crippen LogP contribution in [0, 0.1) is 0 Å². The van der Waals surface area contributed by atoms with Gasteiger partial charge in [-0.1, -0.05) is 23.8 Å². The van der Waals surface area contributed by atoms with Crippen molar-refractivity contribution in [2.45, 2.75) is 18.7 Å². The Morgan fingerprint density at radius 2 is 1.75 bits per heavy atom. The molecule has 0 bridgehead atoms. The van der Waals surface area contributed by atoms with Crippen LogP contribution in [0.25, 0.3) is 0 Å². The molecule has 1 aromatic rings. The van der Waals surface area contributed by atoms with E-state index in [0.717, 1.165) is 0 Å². The molecule has 0 atom stereocenters. The van der Waals surface area contributed by atoms with Gasteiger partial charge in [0.15, 0.2) is 0 Å². The first-order valence-electron chi connectivity index (χ1n) is 4.82. The van der Waals surface area contributed by atoms with E-state index in [4.69, 9.17) is 11.6 Å². The second-order valence-corrected chi connectivity index (χ2v) is 5.53. The maximum Gasteiger partial charge on any atom is 0.206 e. The average Bonchev–Trinajstić information content (AvgIpc) is 2.26. The molecule has 86 valence electrons. The molecular weight excluding hydrogens is 244 g/mol. The van der Waals surface area contributed by atoms with Gasteiger partial charge in [0.25, 0.3) is 0 Å². The predicted molar refractivity (Wildman–Crippen MR) is 67.2 cm³/mol. The van der Waals surface area contributed by atoms with Gasteiger partial charge >= 0.3 is 0 Å². The van der Waals surface area contributed by atoms with Gasteiger partial charge in [-0.05, 0) is 44.2 Å². The van der Waals surface area contributed by atoms with Crippen LogP contribution in [0.15, 0.2) is 52.3 Å². The standard InChI is InChI=1S/C12H13ClO2S/c1-3-5-11(4-2)16(14,15)12-8-6-10(13)7-9-12/h3-9H,1-2H3. The van der Waals surface area contributed by atoms with Crippen molar-refractivity contribution >= 4 is 21.4 Å². The molecule has 0 saturated carbocycles. The van der Waals surface area contributed by atoms with Gasteiger partial charge in [0.2, 0.25) is 9.84 Å². The second kappa shape index (κ2) is 5.32. The Bertz CT molecular complexity index is 510. The van der Waals surface area contributed by atoms with Crippen LogP contribution in [0.4, 0.5) is 0 Å². The normalized spacial score (nSPS) is 13.3. The van der Waals surface area contributed by atoms with Crippen LogP contribution in [0.2, 0.25) is 5.02 Å². The number of halogens is 1. The zero-order valence-electron chi connectivity index (χ0n) is 9.14. The molecule has 0 amide bonds. The largest absolute Gasteiger partial charge is 0.219 e. The highest BCUT2D eigenvalue weighted by molar-refractivity contribution is 7.95. The minimum atomic E-state index is -3.41. The SMILES string of the molecule is CC=CC(=CC)S(=O)(=O)c1ccc(Cl)cc1. The summed E-state index contributed by atoms with van der Waals surface area (Å²) < 4.78 is 24.2. The van der Waals surface area contributed by atoms with Gasteiger partial charge in [-0.3, -0.25) is 0 Å². The van der Waals surface area contributed by atoms with Gasteiger partial charge in [0, 0.05) is 5.02 Å². The Morgan fingerprint density at radius 3 is 2.19 bits per heavy atom. The zero-order valence-corrected chi connectivity index (χ0v) is 10.7. The highest BCUT2D eigenvalue weighted by Crippen LogP contribution is 2.21. The Hall–Kier alpha value is -1.06. The molecule has 1 rings (SSSR count). The molecule has 0 aliphatic rings. The molecule has 0 heterocycles. The maximum atomic E-state index is 12.1. The number of sulfone groups is 1. The predicted octanol–water partition coefficient (Wildman–Crippen LogP) is 3.59. The number of allylic oxidation sites excluding steroid dienone is 3. The van der Waals surface area contributed by atoms with Gasteiger partial charge < -0.3 is 0 Å². The summed E-state index contributed by atoms with van der Waals surface area (Å²) in [5, 5.41) is 0.520. The lowest BCUT2D eigenvalue weighted by atomic mass is 10.4. The zero-order chi connectivity index (χ0) is 12.2. The molecule has 4 heteroatoms. The van der Waals surface area contributed by atoms with E-state index in [2.05, 4.69) is 0 Å².